The molecular formula is C8H6N2O2S2. The number of rotatable bonds is 2. The molecule has 0 saturated carbocycles. The molecule has 0 saturated heterocycles. The highest BCUT2D eigenvalue weighted by atomic mass is 32.1. The van der Waals surface area contributed by atoms with Gasteiger partial charge in [-0.2, -0.15) is 0 Å². The molecule has 0 atom stereocenters. The quantitative estimate of drug-likeness (QED) is 0.632. The fourth-order valence-electron chi connectivity index (χ4n) is 1.19. The number of nitrogen functional groups attached to an aromatic ring is 1. The topological polar surface area (TPSA) is 69.2 Å². The molecule has 14 heavy (non-hydrogen) atoms. The molecule has 2 heterocycles. The van der Waals surface area contributed by atoms with Crippen LogP contribution in [0.2, 0.25) is 0 Å². The Morgan fingerprint density at radius 2 is 1.86 bits per heavy atom. The Morgan fingerprint density at radius 3 is 2.43 bits per heavy atom. The van der Waals surface area contributed by atoms with Gasteiger partial charge in [-0.15, -0.1) is 11.3 Å². The second-order valence-corrected chi connectivity index (χ2v) is 4.44. The van der Waals surface area contributed by atoms with Crippen LogP contribution in [-0.4, -0.2) is 4.92 Å². The Kier molecular flexibility index (Phi) is 2.22. The van der Waals surface area contributed by atoms with E-state index in [1.54, 1.807) is 17.5 Å². The third kappa shape index (κ3) is 1.38. The standard InChI is InChI=1S/C8H6N2O2S2/c9-7-5(1-3-13-7)6-2-4-14-8(6)10(11)12/h1-4H,9H2. The van der Waals surface area contributed by atoms with E-state index in [1.165, 1.54) is 11.3 Å². The van der Waals surface area contributed by atoms with Gasteiger partial charge in [0, 0.05) is 5.56 Å². The second kappa shape index (κ2) is 3.39. The number of hydrogen-bond acceptors (Lipinski definition) is 5. The third-order valence-corrected chi connectivity index (χ3v) is 3.41. The first-order chi connectivity index (χ1) is 6.70. The predicted octanol–water partition coefficient (Wildman–Crippen LogP) is 2.97. The zero-order valence-electron chi connectivity index (χ0n) is 6.97. The molecule has 2 rings (SSSR count). The minimum atomic E-state index is -0.378. The van der Waals surface area contributed by atoms with Crippen molar-refractivity contribution in [2.75, 3.05) is 5.73 Å². The Balaban J connectivity index is 2.57. The lowest BCUT2D eigenvalue weighted by Gasteiger charge is -1.95. The average Bonchev–Trinajstić information content (AvgIpc) is 2.70. The number of nitrogens with two attached hydrogens (primary N) is 1. The summed E-state index contributed by atoms with van der Waals surface area (Å²) in [4.78, 5) is 10.3. The molecular weight excluding hydrogens is 220 g/mol. The minimum Gasteiger partial charge on any atom is -0.390 e. The van der Waals surface area contributed by atoms with E-state index in [1.807, 2.05) is 5.38 Å². The summed E-state index contributed by atoms with van der Waals surface area (Å²) in [6.45, 7) is 0. The lowest BCUT2D eigenvalue weighted by atomic mass is 10.1. The van der Waals surface area contributed by atoms with Gasteiger partial charge < -0.3 is 5.73 Å². The van der Waals surface area contributed by atoms with Crippen molar-refractivity contribution in [3.05, 3.63) is 33.0 Å². The van der Waals surface area contributed by atoms with E-state index in [2.05, 4.69) is 0 Å². The maximum atomic E-state index is 10.7. The van der Waals surface area contributed by atoms with Gasteiger partial charge in [0.25, 0.3) is 0 Å². The molecule has 0 radical (unpaired) electrons. The summed E-state index contributed by atoms with van der Waals surface area (Å²) in [7, 11) is 0. The van der Waals surface area contributed by atoms with Crippen molar-refractivity contribution in [3.8, 4) is 11.1 Å². The van der Waals surface area contributed by atoms with Crippen molar-refractivity contribution in [1.82, 2.24) is 0 Å². The summed E-state index contributed by atoms with van der Waals surface area (Å²) in [6, 6.07) is 3.52. The molecule has 2 aromatic heterocycles. The number of nitrogens with zero attached hydrogens (tertiary/aromatic N) is 1. The fourth-order valence-corrected chi connectivity index (χ4v) is 2.57. The number of hydrogen-bond donors (Lipinski definition) is 1. The summed E-state index contributed by atoms with van der Waals surface area (Å²) >= 11 is 2.50. The van der Waals surface area contributed by atoms with Crippen LogP contribution >= 0.6 is 22.7 Å². The molecule has 0 unspecified atom stereocenters. The average molecular weight is 226 g/mol. The van der Waals surface area contributed by atoms with Gasteiger partial charge >= 0.3 is 5.00 Å². The highest BCUT2D eigenvalue weighted by molar-refractivity contribution is 7.15. The number of nitro groups is 1. The van der Waals surface area contributed by atoms with Crippen molar-refractivity contribution in [2.24, 2.45) is 0 Å². The van der Waals surface area contributed by atoms with Crippen LogP contribution in [0.5, 0.6) is 0 Å². The van der Waals surface area contributed by atoms with Crippen LogP contribution in [0.1, 0.15) is 0 Å². The maximum Gasteiger partial charge on any atom is 0.331 e. The van der Waals surface area contributed by atoms with E-state index in [-0.39, 0.29) is 9.92 Å². The van der Waals surface area contributed by atoms with Crippen molar-refractivity contribution >= 4 is 32.7 Å². The van der Waals surface area contributed by atoms with Crippen LogP contribution < -0.4 is 5.73 Å². The van der Waals surface area contributed by atoms with Crippen LogP contribution in [0.15, 0.2) is 22.9 Å². The smallest absolute Gasteiger partial charge is 0.331 e. The minimum absolute atomic E-state index is 0.148. The van der Waals surface area contributed by atoms with Crippen LogP contribution in [0.3, 0.4) is 0 Å². The predicted molar refractivity (Wildman–Crippen MR) is 58.7 cm³/mol. The molecule has 0 aliphatic rings. The molecule has 0 spiro atoms. The third-order valence-electron chi connectivity index (χ3n) is 1.80. The van der Waals surface area contributed by atoms with Crippen molar-refractivity contribution in [2.45, 2.75) is 0 Å². The summed E-state index contributed by atoms with van der Waals surface area (Å²) in [5.41, 5.74) is 7.06. The molecule has 0 bridgehead atoms. The van der Waals surface area contributed by atoms with E-state index >= 15 is 0 Å². The second-order valence-electron chi connectivity index (χ2n) is 2.60. The van der Waals surface area contributed by atoms with Gasteiger partial charge in [-0.05, 0) is 22.9 Å². The molecule has 6 heteroatoms. The van der Waals surface area contributed by atoms with Crippen LogP contribution in [-0.2, 0) is 0 Å². The first-order valence-electron chi connectivity index (χ1n) is 3.75. The SMILES string of the molecule is Nc1sccc1-c1ccsc1[N+](=O)[O-]. The fraction of sp³-hybridized carbons (Fsp3) is 0. The highest BCUT2D eigenvalue weighted by Crippen LogP contribution is 2.39. The Hall–Kier alpha value is -1.40. The first-order valence-corrected chi connectivity index (χ1v) is 5.51. The Labute approximate surface area is 87.8 Å². The molecule has 72 valence electrons. The molecule has 0 aromatic carbocycles. The molecule has 0 aliphatic heterocycles. The number of anilines is 1. The van der Waals surface area contributed by atoms with E-state index in [9.17, 15) is 10.1 Å². The zero-order chi connectivity index (χ0) is 10.1. The van der Waals surface area contributed by atoms with Gasteiger partial charge in [0.05, 0.1) is 15.5 Å². The maximum absolute atomic E-state index is 10.7. The van der Waals surface area contributed by atoms with Gasteiger partial charge in [0.1, 0.15) is 0 Å². The van der Waals surface area contributed by atoms with Gasteiger partial charge in [-0.3, -0.25) is 10.1 Å². The molecule has 0 aliphatic carbocycles. The largest absolute Gasteiger partial charge is 0.390 e. The van der Waals surface area contributed by atoms with E-state index < -0.39 is 0 Å². The summed E-state index contributed by atoms with van der Waals surface area (Å²) in [5, 5.41) is 15.0. The molecule has 2 aromatic rings. The number of thiophene rings is 2. The monoisotopic (exact) mass is 226 g/mol. The lowest BCUT2D eigenvalue weighted by molar-refractivity contribution is -0.379. The van der Waals surface area contributed by atoms with E-state index in [0.717, 1.165) is 16.9 Å². The molecule has 0 amide bonds. The lowest BCUT2D eigenvalue weighted by Crippen LogP contribution is -1.88. The van der Waals surface area contributed by atoms with Crippen molar-refractivity contribution < 1.29 is 4.92 Å². The highest BCUT2D eigenvalue weighted by Gasteiger charge is 2.18. The molecule has 2 N–H and O–H groups in total. The molecule has 0 fully saturated rings. The van der Waals surface area contributed by atoms with Crippen LogP contribution in [0, 0.1) is 10.1 Å². The normalized spacial score (nSPS) is 10.3. The molecule has 4 nitrogen and oxygen atoms in total. The van der Waals surface area contributed by atoms with Crippen LogP contribution in [0.4, 0.5) is 10.0 Å². The summed E-state index contributed by atoms with van der Waals surface area (Å²) < 4.78 is 0. The van der Waals surface area contributed by atoms with Gasteiger partial charge in [-0.1, -0.05) is 11.3 Å². The first kappa shape index (κ1) is 9.17. The Bertz CT molecular complexity index is 475. The van der Waals surface area contributed by atoms with Crippen LogP contribution in [0.25, 0.3) is 11.1 Å². The van der Waals surface area contributed by atoms with E-state index in [0.29, 0.717) is 10.6 Å². The van der Waals surface area contributed by atoms with Gasteiger partial charge in [0.15, 0.2) is 0 Å². The van der Waals surface area contributed by atoms with Crippen molar-refractivity contribution in [1.29, 1.82) is 0 Å². The van der Waals surface area contributed by atoms with Gasteiger partial charge in [0.2, 0.25) is 0 Å². The Morgan fingerprint density at radius 1 is 1.21 bits per heavy atom. The summed E-state index contributed by atoms with van der Waals surface area (Å²) in [6.07, 6.45) is 0. The van der Waals surface area contributed by atoms with E-state index in [4.69, 9.17) is 5.73 Å². The van der Waals surface area contributed by atoms with Gasteiger partial charge in [-0.25, -0.2) is 0 Å². The summed E-state index contributed by atoms with van der Waals surface area (Å²) in [5.74, 6) is 0. The zero-order valence-corrected chi connectivity index (χ0v) is 8.60. The van der Waals surface area contributed by atoms with Crippen molar-refractivity contribution in [3.63, 3.8) is 0 Å².